The van der Waals surface area contributed by atoms with Crippen LogP contribution in [0, 0.1) is 6.92 Å². The van der Waals surface area contributed by atoms with Crippen LogP contribution in [0.4, 0.5) is 5.69 Å². The van der Waals surface area contributed by atoms with Gasteiger partial charge in [-0.3, -0.25) is 25.2 Å². The maximum absolute atomic E-state index is 11.8. The van der Waals surface area contributed by atoms with E-state index in [0.29, 0.717) is 11.3 Å². The summed E-state index contributed by atoms with van der Waals surface area (Å²) in [5, 5.41) is 11.5. The highest BCUT2D eigenvalue weighted by Crippen LogP contribution is 2.13. The van der Waals surface area contributed by atoms with E-state index >= 15 is 0 Å². The molecule has 23 heavy (non-hydrogen) atoms. The third-order valence-electron chi connectivity index (χ3n) is 2.93. The zero-order valence-electron chi connectivity index (χ0n) is 12.3. The third kappa shape index (κ3) is 4.57. The molecule has 0 bridgehead atoms. The first-order chi connectivity index (χ1) is 11.0. The van der Waals surface area contributed by atoms with Crippen LogP contribution in [0.3, 0.4) is 0 Å². The van der Waals surface area contributed by atoms with Crippen molar-refractivity contribution in [2.24, 2.45) is 0 Å². The lowest BCUT2D eigenvalue weighted by Crippen LogP contribution is -2.46. The summed E-state index contributed by atoms with van der Waals surface area (Å²) in [7, 11) is 0. The number of aryl methyl sites for hydroxylation is 1. The van der Waals surface area contributed by atoms with E-state index in [2.05, 4.69) is 10.7 Å². The number of carbonyl (C=O) groups excluding carboxylic acids is 3. The zero-order valence-corrected chi connectivity index (χ0v) is 12.3. The van der Waals surface area contributed by atoms with E-state index in [9.17, 15) is 14.4 Å². The molecule has 0 heterocycles. The SMILES string of the molecule is Cc1ccc(C(=O)NNC(=O)C(=O)Nc2ccc(O)cc2)cc1. The van der Waals surface area contributed by atoms with Gasteiger partial charge in [0.1, 0.15) is 5.75 Å². The van der Waals surface area contributed by atoms with Crippen LogP contribution in [0.5, 0.6) is 5.75 Å². The van der Waals surface area contributed by atoms with Gasteiger partial charge in [-0.05, 0) is 43.3 Å². The Morgan fingerprint density at radius 3 is 2.04 bits per heavy atom. The van der Waals surface area contributed by atoms with Crippen LogP contribution in [0.25, 0.3) is 0 Å². The number of hydrogen-bond acceptors (Lipinski definition) is 4. The molecule has 2 aromatic rings. The van der Waals surface area contributed by atoms with Crippen LogP contribution in [0.1, 0.15) is 15.9 Å². The van der Waals surface area contributed by atoms with Gasteiger partial charge in [0.2, 0.25) is 0 Å². The molecule has 0 radical (unpaired) electrons. The van der Waals surface area contributed by atoms with E-state index < -0.39 is 17.7 Å². The molecule has 2 aromatic carbocycles. The van der Waals surface area contributed by atoms with Crippen LogP contribution < -0.4 is 16.2 Å². The van der Waals surface area contributed by atoms with Gasteiger partial charge in [0.15, 0.2) is 0 Å². The Labute approximate surface area is 132 Å². The summed E-state index contributed by atoms with van der Waals surface area (Å²) in [5.41, 5.74) is 5.88. The summed E-state index contributed by atoms with van der Waals surface area (Å²) in [6.45, 7) is 1.89. The second kappa shape index (κ2) is 7.08. The standard InChI is InChI=1S/C16H15N3O4/c1-10-2-4-11(5-3-10)14(21)18-19-16(23)15(22)17-12-6-8-13(20)9-7-12/h2-9,20H,1H3,(H,17,22)(H,18,21)(H,19,23). The molecule has 118 valence electrons. The lowest BCUT2D eigenvalue weighted by Gasteiger charge is -2.08. The number of benzene rings is 2. The number of hydrogen-bond donors (Lipinski definition) is 4. The zero-order chi connectivity index (χ0) is 16.8. The summed E-state index contributed by atoms with van der Waals surface area (Å²) in [6.07, 6.45) is 0. The Morgan fingerprint density at radius 1 is 0.826 bits per heavy atom. The Morgan fingerprint density at radius 2 is 1.43 bits per heavy atom. The minimum Gasteiger partial charge on any atom is -0.508 e. The summed E-state index contributed by atoms with van der Waals surface area (Å²) >= 11 is 0. The van der Waals surface area contributed by atoms with Crippen molar-refractivity contribution in [3.8, 4) is 5.75 Å². The molecule has 0 spiro atoms. The quantitative estimate of drug-likeness (QED) is 0.378. The molecule has 0 saturated heterocycles. The van der Waals surface area contributed by atoms with Gasteiger partial charge in [0.25, 0.3) is 5.91 Å². The molecular formula is C16H15N3O4. The molecule has 0 unspecified atom stereocenters. The van der Waals surface area contributed by atoms with Gasteiger partial charge in [-0.15, -0.1) is 0 Å². The molecule has 7 nitrogen and oxygen atoms in total. The molecule has 0 aromatic heterocycles. The number of phenols is 1. The topological polar surface area (TPSA) is 108 Å². The van der Waals surface area contributed by atoms with E-state index in [-0.39, 0.29) is 5.75 Å². The summed E-state index contributed by atoms with van der Waals surface area (Å²) in [6, 6.07) is 12.3. The first kappa shape index (κ1) is 16.0. The van der Waals surface area contributed by atoms with Gasteiger partial charge in [-0.25, -0.2) is 0 Å². The van der Waals surface area contributed by atoms with E-state index in [1.54, 1.807) is 24.3 Å². The van der Waals surface area contributed by atoms with Crippen LogP contribution >= 0.6 is 0 Å². The predicted molar refractivity (Wildman–Crippen MR) is 83.5 cm³/mol. The van der Waals surface area contributed by atoms with Gasteiger partial charge >= 0.3 is 11.8 Å². The number of nitrogens with one attached hydrogen (secondary N) is 3. The molecule has 0 fully saturated rings. The molecule has 4 N–H and O–H groups in total. The normalized spacial score (nSPS) is 9.78. The Bertz CT molecular complexity index is 724. The van der Waals surface area contributed by atoms with Crippen molar-refractivity contribution in [2.45, 2.75) is 6.92 Å². The van der Waals surface area contributed by atoms with Crippen molar-refractivity contribution in [1.82, 2.24) is 10.9 Å². The number of phenolic OH excluding ortho intramolecular Hbond substituents is 1. The predicted octanol–water partition coefficient (Wildman–Crippen LogP) is 1.10. The van der Waals surface area contributed by atoms with Crippen molar-refractivity contribution >= 4 is 23.4 Å². The van der Waals surface area contributed by atoms with Gasteiger partial charge < -0.3 is 10.4 Å². The second-order valence-electron chi connectivity index (χ2n) is 4.78. The van der Waals surface area contributed by atoms with E-state index in [4.69, 9.17) is 5.11 Å². The Balaban J connectivity index is 1.86. The molecule has 0 saturated carbocycles. The number of rotatable bonds is 2. The van der Waals surface area contributed by atoms with Crippen molar-refractivity contribution in [1.29, 1.82) is 0 Å². The van der Waals surface area contributed by atoms with Crippen LogP contribution in [-0.2, 0) is 9.59 Å². The van der Waals surface area contributed by atoms with Crippen molar-refractivity contribution in [3.05, 3.63) is 59.7 Å². The fourth-order valence-electron chi connectivity index (χ4n) is 1.68. The van der Waals surface area contributed by atoms with E-state index in [1.165, 1.54) is 24.3 Å². The maximum Gasteiger partial charge on any atom is 0.328 e. The van der Waals surface area contributed by atoms with Gasteiger partial charge in [-0.1, -0.05) is 17.7 Å². The lowest BCUT2D eigenvalue weighted by molar-refractivity contribution is -0.136. The summed E-state index contributed by atoms with van der Waals surface area (Å²) < 4.78 is 0. The minimum atomic E-state index is -1.02. The number of carbonyl (C=O) groups is 3. The summed E-state index contributed by atoms with van der Waals surface area (Å²) in [4.78, 5) is 35.1. The first-order valence-electron chi connectivity index (χ1n) is 6.73. The number of amides is 3. The van der Waals surface area contributed by atoms with Crippen LogP contribution in [0.2, 0.25) is 0 Å². The smallest absolute Gasteiger partial charge is 0.328 e. The number of aromatic hydroxyl groups is 1. The van der Waals surface area contributed by atoms with Gasteiger partial charge in [0.05, 0.1) is 0 Å². The minimum absolute atomic E-state index is 0.0396. The molecule has 0 atom stereocenters. The molecule has 0 aliphatic carbocycles. The second-order valence-corrected chi connectivity index (χ2v) is 4.78. The fraction of sp³-hybridized carbons (Fsp3) is 0.0625. The van der Waals surface area contributed by atoms with Crippen molar-refractivity contribution < 1.29 is 19.5 Å². The number of hydrazine groups is 1. The molecule has 0 aliphatic rings. The maximum atomic E-state index is 11.8. The average Bonchev–Trinajstić information content (AvgIpc) is 2.55. The fourth-order valence-corrected chi connectivity index (χ4v) is 1.68. The van der Waals surface area contributed by atoms with Crippen LogP contribution in [0.15, 0.2) is 48.5 Å². The largest absolute Gasteiger partial charge is 0.508 e. The van der Waals surface area contributed by atoms with Crippen molar-refractivity contribution in [3.63, 3.8) is 0 Å². The van der Waals surface area contributed by atoms with E-state index in [1.807, 2.05) is 12.3 Å². The van der Waals surface area contributed by atoms with Crippen molar-refractivity contribution in [2.75, 3.05) is 5.32 Å². The van der Waals surface area contributed by atoms with Gasteiger partial charge in [-0.2, -0.15) is 0 Å². The molecular weight excluding hydrogens is 298 g/mol. The Hall–Kier alpha value is -3.35. The Kier molecular flexibility index (Phi) is 4.93. The summed E-state index contributed by atoms with van der Waals surface area (Å²) in [5.74, 6) is -2.45. The highest BCUT2D eigenvalue weighted by Gasteiger charge is 2.15. The average molecular weight is 313 g/mol. The lowest BCUT2D eigenvalue weighted by atomic mass is 10.1. The monoisotopic (exact) mass is 313 g/mol. The molecule has 7 heteroatoms. The highest BCUT2D eigenvalue weighted by atomic mass is 16.3. The third-order valence-corrected chi connectivity index (χ3v) is 2.93. The highest BCUT2D eigenvalue weighted by molar-refractivity contribution is 6.39. The molecule has 3 amide bonds. The molecule has 2 rings (SSSR count). The van der Waals surface area contributed by atoms with Crippen LogP contribution in [-0.4, -0.2) is 22.8 Å². The first-order valence-corrected chi connectivity index (χ1v) is 6.73. The van der Waals surface area contributed by atoms with E-state index in [0.717, 1.165) is 5.56 Å². The van der Waals surface area contributed by atoms with Gasteiger partial charge in [0, 0.05) is 11.3 Å². The number of anilines is 1. The molecule has 0 aliphatic heterocycles.